The van der Waals surface area contributed by atoms with E-state index >= 15 is 0 Å². The maximum Gasteiger partial charge on any atom is 0.375 e. The van der Waals surface area contributed by atoms with Gasteiger partial charge in [0.05, 0.1) is 13.0 Å². The van der Waals surface area contributed by atoms with Crippen LogP contribution in [-0.4, -0.2) is 24.1 Å². The average Bonchev–Trinajstić information content (AvgIpc) is 2.49. The van der Waals surface area contributed by atoms with Gasteiger partial charge in [-0.05, 0) is 25.8 Å². The Kier molecular flexibility index (Phi) is 9.76. The minimum Gasteiger partial charge on any atom is -0.460 e. The van der Waals surface area contributed by atoms with Gasteiger partial charge in [0.2, 0.25) is 5.78 Å². The molecule has 0 bridgehead atoms. The Morgan fingerprint density at radius 2 is 1.62 bits per heavy atom. The minimum absolute atomic E-state index is 0.141. The fraction of sp³-hybridized carbons (Fsp3) is 0.471. The molecule has 4 heteroatoms. The third kappa shape index (κ3) is 8.02. The normalized spacial score (nSPS) is 9.33. The van der Waals surface area contributed by atoms with Gasteiger partial charge in [0.1, 0.15) is 5.78 Å². The fourth-order valence-electron chi connectivity index (χ4n) is 1.59. The first-order valence-corrected chi connectivity index (χ1v) is 7.30. The van der Waals surface area contributed by atoms with Crippen LogP contribution in [0.3, 0.4) is 0 Å². The number of aryl methyl sites for hydroxylation is 2. The Balaban J connectivity index is 0.00000191. The summed E-state index contributed by atoms with van der Waals surface area (Å²) in [7, 11) is 0. The van der Waals surface area contributed by atoms with E-state index in [1.54, 1.807) is 6.92 Å². The number of rotatable bonds is 7. The highest BCUT2D eigenvalue weighted by Gasteiger charge is 2.18. The highest BCUT2D eigenvalue weighted by atomic mass is 16.5. The Bertz CT molecular complexity index is 460. The molecular weight excluding hydrogens is 268 g/mol. The van der Waals surface area contributed by atoms with Crippen LogP contribution in [0.1, 0.15) is 44.7 Å². The van der Waals surface area contributed by atoms with E-state index in [1.165, 1.54) is 0 Å². The minimum atomic E-state index is -0.925. The second-order valence-electron chi connectivity index (χ2n) is 4.34. The van der Waals surface area contributed by atoms with Crippen molar-refractivity contribution in [3.63, 3.8) is 0 Å². The van der Waals surface area contributed by atoms with Crippen LogP contribution in [0, 0.1) is 6.92 Å². The van der Waals surface area contributed by atoms with Crippen LogP contribution in [-0.2, 0) is 25.5 Å². The molecule has 0 N–H and O–H groups in total. The molecular formula is C17H24O4. The van der Waals surface area contributed by atoms with E-state index in [-0.39, 0.29) is 25.2 Å². The fourth-order valence-corrected chi connectivity index (χ4v) is 1.59. The van der Waals surface area contributed by atoms with Crippen molar-refractivity contribution in [3.05, 3.63) is 35.4 Å². The second-order valence-corrected chi connectivity index (χ2v) is 4.34. The van der Waals surface area contributed by atoms with Gasteiger partial charge >= 0.3 is 5.97 Å². The molecule has 0 heterocycles. The first kappa shape index (κ1) is 19.0. The quantitative estimate of drug-likeness (QED) is 0.440. The molecule has 116 valence electrons. The van der Waals surface area contributed by atoms with Gasteiger partial charge in [0, 0.05) is 6.42 Å². The van der Waals surface area contributed by atoms with Gasteiger partial charge in [0.15, 0.2) is 0 Å². The molecule has 0 aliphatic rings. The van der Waals surface area contributed by atoms with E-state index in [9.17, 15) is 14.4 Å². The zero-order valence-electron chi connectivity index (χ0n) is 13.3. The van der Waals surface area contributed by atoms with Crippen LogP contribution < -0.4 is 0 Å². The van der Waals surface area contributed by atoms with Crippen LogP contribution >= 0.6 is 0 Å². The number of esters is 1. The number of hydrogen-bond acceptors (Lipinski definition) is 4. The van der Waals surface area contributed by atoms with Crippen molar-refractivity contribution in [2.45, 2.75) is 47.0 Å². The first-order valence-electron chi connectivity index (χ1n) is 7.30. The van der Waals surface area contributed by atoms with Gasteiger partial charge in [-0.1, -0.05) is 43.7 Å². The van der Waals surface area contributed by atoms with Gasteiger partial charge in [-0.25, -0.2) is 4.79 Å². The van der Waals surface area contributed by atoms with Crippen LogP contribution in [0.25, 0.3) is 0 Å². The molecule has 0 aliphatic heterocycles. The van der Waals surface area contributed by atoms with Crippen molar-refractivity contribution in [2.24, 2.45) is 0 Å². The Labute approximate surface area is 126 Å². The lowest BCUT2D eigenvalue weighted by atomic mass is 10.0. The van der Waals surface area contributed by atoms with Gasteiger partial charge in [0.25, 0.3) is 0 Å². The molecule has 0 radical (unpaired) electrons. The number of Topliss-reactive ketones (excluding diaryl/α,β-unsaturated/α-hetero) is 2. The van der Waals surface area contributed by atoms with Crippen molar-refractivity contribution in [1.29, 1.82) is 0 Å². The summed E-state index contributed by atoms with van der Waals surface area (Å²) in [5.74, 6) is -1.93. The van der Waals surface area contributed by atoms with E-state index in [4.69, 9.17) is 0 Å². The number of ether oxygens (including phenoxy) is 1. The maximum atomic E-state index is 11.6. The number of carbonyl (C=O) groups excluding carboxylic acids is 3. The molecule has 0 saturated heterocycles. The molecule has 1 rings (SSSR count). The van der Waals surface area contributed by atoms with Gasteiger partial charge < -0.3 is 4.74 Å². The highest BCUT2D eigenvalue weighted by Crippen LogP contribution is 2.07. The smallest absolute Gasteiger partial charge is 0.375 e. The Morgan fingerprint density at radius 1 is 1.05 bits per heavy atom. The van der Waals surface area contributed by atoms with Crippen molar-refractivity contribution in [3.8, 4) is 0 Å². The predicted octanol–water partition coefficient (Wildman–Crippen LogP) is 3.05. The summed E-state index contributed by atoms with van der Waals surface area (Å²) in [6.45, 7) is 7.75. The first-order chi connectivity index (χ1) is 10.0. The highest BCUT2D eigenvalue weighted by molar-refractivity contribution is 6.37. The summed E-state index contributed by atoms with van der Waals surface area (Å²) in [5, 5.41) is 0. The van der Waals surface area contributed by atoms with Crippen molar-refractivity contribution in [2.75, 3.05) is 6.61 Å². The van der Waals surface area contributed by atoms with Crippen LogP contribution in [0.4, 0.5) is 0 Å². The second kappa shape index (κ2) is 10.8. The molecule has 1 aromatic carbocycles. The van der Waals surface area contributed by atoms with E-state index in [0.717, 1.165) is 11.1 Å². The SMILES string of the molecule is CC.CCOC(=O)C(=O)CC(=O)CCc1ccc(C)cc1. The number of ketones is 2. The molecule has 0 fully saturated rings. The summed E-state index contributed by atoms with van der Waals surface area (Å²) in [5.41, 5.74) is 2.20. The zero-order chi connectivity index (χ0) is 16.3. The summed E-state index contributed by atoms with van der Waals surface area (Å²) < 4.78 is 4.54. The number of benzene rings is 1. The van der Waals surface area contributed by atoms with E-state index in [2.05, 4.69) is 4.74 Å². The zero-order valence-corrected chi connectivity index (χ0v) is 13.3. The van der Waals surface area contributed by atoms with Crippen LogP contribution in [0.15, 0.2) is 24.3 Å². The lowest BCUT2D eigenvalue weighted by molar-refractivity contribution is -0.154. The average molecular weight is 292 g/mol. The predicted molar refractivity (Wildman–Crippen MR) is 82.1 cm³/mol. The molecule has 0 amide bonds. The molecule has 0 aliphatic carbocycles. The Hall–Kier alpha value is -1.97. The third-order valence-corrected chi connectivity index (χ3v) is 2.67. The van der Waals surface area contributed by atoms with E-state index < -0.39 is 11.8 Å². The summed E-state index contributed by atoms with van der Waals surface area (Å²) in [6.07, 6.45) is 0.466. The molecule has 1 aromatic rings. The number of hydrogen-bond donors (Lipinski definition) is 0. The topological polar surface area (TPSA) is 60.4 Å². The van der Waals surface area contributed by atoms with Gasteiger partial charge in [-0.2, -0.15) is 0 Å². The molecule has 0 saturated carbocycles. The molecule has 0 aromatic heterocycles. The molecule has 4 nitrogen and oxygen atoms in total. The van der Waals surface area contributed by atoms with Crippen LogP contribution in [0.5, 0.6) is 0 Å². The van der Waals surface area contributed by atoms with Gasteiger partial charge in [-0.3, -0.25) is 9.59 Å². The maximum absolute atomic E-state index is 11.6. The molecule has 0 atom stereocenters. The lowest BCUT2D eigenvalue weighted by Gasteiger charge is -2.02. The van der Waals surface area contributed by atoms with Crippen molar-refractivity contribution in [1.82, 2.24) is 0 Å². The van der Waals surface area contributed by atoms with Crippen molar-refractivity contribution < 1.29 is 19.1 Å². The van der Waals surface area contributed by atoms with Crippen molar-refractivity contribution >= 4 is 17.5 Å². The summed E-state index contributed by atoms with van der Waals surface area (Å²) >= 11 is 0. The molecule has 21 heavy (non-hydrogen) atoms. The number of carbonyl (C=O) groups is 3. The lowest BCUT2D eigenvalue weighted by Crippen LogP contribution is -2.20. The summed E-state index contributed by atoms with van der Waals surface area (Å²) in [6, 6.07) is 7.86. The van der Waals surface area contributed by atoms with E-state index in [0.29, 0.717) is 6.42 Å². The van der Waals surface area contributed by atoms with E-state index in [1.807, 2.05) is 45.0 Å². The monoisotopic (exact) mass is 292 g/mol. The molecule has 0 spiro atoms. The van der Waals surface area contributed by atoms with Gasteiger partial charge in [-0.15, -0.1) is 0 Å². The van der Waals surface area contributed by atoms with Crippen LogP contribution in [0.2, 0.25) is 0 Å². The molecule has 0 unspecified atom stereocenters. The third-order valence-electron chi connectivity index (χ3n) is 2.67. The summed E-state index contributed by atoms with van der Waals surface area (Å²) in [4.78, 5) is 33.9. The Morgan fingerprint density at radius 3 is 2.14 bits per heavy atom. The largest absolute Gasteiger partial charge is 0.460 e. The standard InChI is InChI=1S/C15H18O4.C2H6/c1-3-19-15(18)14(17)10-13(16)9-8-12-6-4-11(2)5-7-12;1-2/h4-7H,3,8-10H2,1-2H3;1-2H3.